The summed E-state index contributed by atoms with van der Waals surface area (Å²) in [5.74, 6) is -0.318. The number of hydrogen-bond acceptors (Lipinski definition) is 1. The molecule has 1 nitrogen and oxygen atoms in total. The van der Waals surface area contributed by atoms with Crippen LogP contribution in [0.2, 0.25) is 5.02 Å². The van der Waals surface area contributed by atoms with Crippen LogP contribution in [0.3, 0.4) is 0 Å². The third-order valence-corrected chi connectivity index (χ3v) is 4.56. The highest BCUT2D eigenvalue weighted by Gasteiger charge is 2.50. The van der Waals surface area contributed by atoms with E-state index < -0.39 is 6.10 Å². The second-order valence-corrected chi connectivity index (χ2v) is 5.89. The summed E-state index contributed by atoms with van der Waals surface area (Å²) in [7, 11) is 0. The number of halogens is 2. The first-order valence-electron chi connectivity index (χ1n) is 6.79. The Kier molecular flexibility index (Phi) is 3.53. The zero-order valence-electron chi connectivity index (χ0n) is 11.0. The van der Waals surface area contributed by atoms with Crippen LogP contribution in [0.15, 0.2) is 48.5 Å². The molecule has 2 aromatic rings. The van der Waals surface area contributed by atoms with E-state index in [1.165, 1.54) is 12.1 Å². The van der Waals surface area contributed by atoms with Crippen LogP contribution in [0, 0.1) is 5.82 Å². The number of aliphatic hydroxyl groups excluding tert-OH is 1. The molecule has 1 fully saturated rings. The maximum Gasteiger partial charge on any atom is 0.123 e. The zero-order valence-corrected chi connectivity index (χ0v) is 11.8. The van der Waals surface area contributed by atoms with Crippen molar-refractivity contribution in [1.82, 2.24) is 0 Å². The first kappa shape index (κ1) is 13.6. The summed E-state index contributed by atoms with van der Waals surface area (Å²) in [5.41, 5.74) is 1.64. The molecule has 1 N–H and O–H groups in total. The lowest BCUT2D eigenvalue weighted by molar-refractivity contribution is 0.131. The predicted octanol–water partition coefficient (Wildman–Crippen LogP) is 4.11. The number of rotatable bonds is 4. The third-order valence-electron chi connectivity index (χ3n) is 4.20. The van der Waals surface area contributed by atoms with Crippen LogP contribution >= 0.6 is 11.6 Å². The number of hydrogen-bond donors (Lipinski definition) is 1. The van der Waals surface area contributed by atoms with Crippen LogP contribution in [-0.4, -0.2) is 11.2 Å². The van der Waals surface area contributed by atoms with E-state index in [2.05, 4.69) is 0 Å². The predicted molar refractivity (Wildman–Crippen MR) is 78.5 cm³/mol. The van der Waals surface area contributed by atoms with Gasteiger partial charge in [0, 0.05) is 16.9 Å². The van der Waals surface area contributed by atoms with Gasteiger partial charge in [0.25, 0.3) is 0 Å². The molecule has 1 aliphatic carbocycles. The first-order valence-corrected chi connectivity index (χ1v) is 7.17. The van der Waals surface area contributed by atoms with Crippen molar-refractivity contribution in [3.05, 3.63) is 70.5 Å². The molecule has 20 heavy (non-hydrogen) atoms. The van der Waals surface area contributed by atoms with Crippen molar-refractivity contribution in [2.24, 2.45) is 0 Å². The van der Waals surface area contributed by atoms with Crippen molar-refractivity contribution in [3.8, 4) is 0 Å². The molecular formula is C17H16ClFO. The van der Waals surface area contributed by atoms with Crippen molar-refractivity contribution < 1.29 is 9.50 Å². The van der Waals surface area contributed by atoms with Gasteiger partial charge in [-0.2, -0.15) is 0 Å². The molecule has 1 unspecified atom stereocenters. The van der Waals surface area contributed by atoms with Gasteiger partial charge in [0.2, 0.25) is 0 Å². The maximum absolute atomic E-state index is 13.3. The average Bonchev–Trinajstić information content (AvgIpc) is 3.25. The summed E-state index contributed by atoms with van der Waals surface area (Å²) in [4.78, 5) is 0. The van der Waals surface area contributed by atoms with E-state index >= 15 is 0 Å². The summed E-state index contributed by atoms with van der Waals surface area (Å²) in [5, 5.41) is 11.1. The van der Waals surface area contributed by atoms with Gasteiger partial charge in [0.1, 0.15) is 5.82 Å². The molecule has 0 radical (unpaired) electrons. The van der Waals surface area contributed by atoms with Crippen LogP contribution in [0.25, 0.3) is 0 Å². The standard InChI is InChI=1S/C17H16ClFO/c18-15-7-6-14(19)10-12(15)11-16(20)17(8-9-17)13-4-2-1-3-5-13/h1-7,10,16,20H,8-9,11H2. The minimum Gasteiger partial charge on any atom is -0.392 e. The molecule has 0 spiro atoms. The van der Waals surface area contributed by atoms with Gasteiger partial charge in [-0.05, 0) is 42.2 Å². The minimum absolute atomic E-state index is 0.184. The van der Waals surface area contributed by atoms with Crippen molar-refractivity contribution in [2.75, 3.05) is 0 Å². The average molecular weight is 291 g/mol. The molecule has 104 valence electrons. The molecule has 1 aliphatic rings. The quantitative estimate of drug-likeness (QED) is 0.898. The topological polar surface area (TPSA) is 20.2 Å². The second kappa shape index (κ2) is 5.19. The molecule has 0 saturated heterocycles. The highest BCUT2D eigenvalue weighted by atomic mass is 35.5. The van der Waals surface area contributed by atoms with E-state index in [1.807, 2.05) is 30.3 Å². The number of aliphatic hydroxyl groups is 1. The van der Waals surface area contributed by atoms with Crippen LogP contribution in [0.4, 0.5) is 4.39 Å². The Hall–Kier alpha value is -1.38. The van der Waals surface area contributed by atoms with Gasteiger partial charge in [-0.1, -0.05) is 41.9 Å². The molecule has 0 aliphatic heterocycles. The Morgan fingerprint density at radius 1 is 1.15 bits per heavy atom. The van der Waals surface area contributed by atoms with Crippen LogP contribution < -0.4 is 0 Å². The van der Waals surface area contributed by atoms with Crippen molar-refractivity contribution in [2.45, 2.75) is 30.8 Å². The largest absolute Gasteiger partial charge is 0.392 e. The summed E-state index contributed by atoms with van der Waals surface area (Å²) in [6.07, 6.45) is 1.77. The van der Waals surface area contributed by atoms with Crippen LogP contribution in [0.5, 0.6) is 0 Å². The van der Waals surface area contributed by atoms with Crippen molar-refractivity contribution in [1.29, 1.82) is 0 Å². The van der Waals surface area contributed by atoms with E-state index in [4.69, 9.17) is 11.6 Å². The first-order chi connectivity index (χ1) is 9.62. The molecule has 1 atom stereocenters. The SMILES string of the molecule is OC(Cc1cc(F)ccc1Cl)C1(c2ccccc2)CC1. The van der Waals surface area contributed by atoms with E-state index in [0.29, 0.717) is 17.0 Å². The van der Waals surface area contributed by atoms with Gasteiger partial charge in [0.15, 0.2) is 0 Å². The fraction of sp³-hybridized carbons (Fsp3) is 0.294. The lowest BCUT2D eigenvalue weighted by Crippen LogP contribution is -2.28. The smallest absolute Gasteiger partial charge is 0.123 e. The number of benzene rings is 2. The normalized spacial score (nSPS) is 17.8. The summed E-state index contributed by atoms with van der Waals surface area (Å²) in [6.45, 7) is 0. The molecule has 1 saturated carbocycles. The fourth-order valence-corrected chi connectivity index (χ4v) is 3.02. The molecule has 0 aromatic heterocycles. The van der Waals surface area contributed by atoms with E-state index in [0.717, 1.165) is 18.4 Å². The minimum atomic E-state index is -0.538. The lowest BCUT2D eigenvalue weighted by atomic mass is 9.86. The van der Waals surface area contributed by atoms with Gasteiger partial charge in [0.05, 0.1) is 6.10 Å². The molecule has 2 aromatic carbocycles. The van der Waals surface area contributed by atoms with Gasteiger partial charge < -0.3 is 5.11 Å². The van der Waals surface area contributed by atoms with Crippen molar-refractivity contribution in [3.63, 3.8) is 0 Å². The maximum atomic E-state index is 13.3. The highest BCUT2D eigenvalue weighted by molar-refractivity contribution is 6.31. The van der Waals surface area contributed by atoms with Crippen molar-refractivity contribution >= 4 is 11.6 Å². The van der Waals surface area contributed by atoms with Crippen LogP contribution in [0.1, 0.15) is 24.0 Å². The molecule has 0 amide bonds. The van der Waals surface area contributed by atoms with Gasteiger partial charge in [-0.15, -0.1) is 0 Å². The Labute approximate surface area is 123 Å². The molecule has 3 rings (SSSR count). The Morgan fingerprint density at radius 3 is 2.50 bits per heavy atom. The Bertz CT molecular complexity index is 608. The molecule has 0 bridgehead atoms. The lowest BCUT2D eigenvalue weighted by Gasteiger charge is -2.23. The fourth-order valence-electron chi connectivity index (χ4n) is 2.82. The second-order valence-electron chi connectivity index (χ2n) is 5.48. The molecule has 0 heterocycles. The Morgan fingerprint density at radius 2 is 1.85 bits per heavy atom. The summed E-state index contributed by atoms with van der Waals surface area (Å²) in [6, 6.07) is 14.3. The van der Waals surface area contributed by atoms with Gasteiger partial charge in [-0.3, -0.25) is 0 Å². The third kappa shape index (κ3) is 2.46. The van der Waals surface area contributed by atoms with Crippen LogP contribution in [-0.2, 0) is 11.8 Å². The summed E-state index contributed by atoms with van der Waals surface area (Å²) >= 11 is 6.08. The van der Waals surface area contributed by atoms with Gasteiger partial charge in [-0.25, -0.2) is 4.39 Å². The van der Waals surface area contributed by atoms with Gasteiger partial charge >= 0.3 is 0 Å². The highest BCUT2D eigenvalue weighted by Crippen LogP contribution is 2.51. The Balaban J connectivity index is 1.83. The van der Waals surface area contributed by atoms with E-state index in [1.54, 1.807) is 6.07 Å². The van der Waals surface area contributed by atoms with E-state index in [9.17, 15) is 9.50 Å². The zero-order chi connectivity index (χ0) is 14.2. The summed E-state index contributed by atoms with van der Waals surface area (Å²) < 4.78 is 13.3. The van der Waals surface area contributed by atoms with E-state index in [-0.39, 0.29) is 11.2 Å². The molecular weight excluding hydrogens is 275 g/mol. The monoisotopic (exact) mass is 290 g/mol. The molecule has 3 heteroatoms.